The summed E-state index contributed by atoms with van der Waals surface area (Å²) in [6, 6.07) is 18.8. The number of carbonyl (C=O) groups excluding carboxylic acids is 2. The molecule has 114 valence electrons. The van der Waals surface area contributed by atoms with Gasteiger partial charge in [0.1, 0.15) is 0 Å². The lowest BCUT2D eigenvalue weighted by Crippen LogP contribution is -2.32. The second-order valence-electron chi connectivity index (χ2n) is 4.90. The molecule has 0 saturated carbocycles. The first-order valence-electron chi connectivity index (χ1n) is 7.16. The molecule has 1 amide bonds. The van der Waals surface area contributed by atoms with E-state index < -0.39 is 0 Å². The van der Waals surface area contributed by atoms with Crippen molar-refractivity contribution in [2.75, 3.05) is 13.7 Å². The maximum Gasteiger partial charge on any atom is 0.307 e. The van der Waals surface area contributed by atoms with Crippen molar-refractivity contribution in [1.82, 2.24) is 4.90 Å². The summed E-state index contributed by atoms with van der Waals surface area (Å²) in [5.74, 6) is -0.410. The molecule has 0 saturated heterocycles. The first-order chi connectivity index (χ1) is 10.7. The summed E-state index contributed by atoms with van der Waals surface area (Å²) in [4.78, 5) is 25.7. The van der Waals surface area contributed by atoms with Crippen LogP contribution in [0, 0.1) is 0 Å². The Kier molecular flexibility index (Phi) is 5.72. The van der Waals surface area contributed by atoms with E-state index in [0.717, 1.165) is 5.56 Å². The SMILES string of the molecule is COC(=O)CCN(Cc1ccccc1)C(=O)c1ccccc1. The van der Waals surface area contributed by atoms with Crippen molar-refractivity contribution in [3.63, 3.8) is 0 Å². The fraction of sp³-hybridized carbons (Fsp3) is 0.222. The van der Waals surface area contributed by atoms with Gasteiger partial charge in [0, 0.05) is 18.7 Å². The Hall–Kier alpha value is -2.62. The standard InChI is InChI=1S/C18H19NO3/c1-22-17(20)12-13-19(14-15-8-4-2-5-9-15)18(21)16-10-6-3-7-11-16/h2-11H,12-14H2,1H3. The molecule has 22 heavy (non-hydrogen) atoms. The first kappa shape index (κ1) is 15.8. The van der Waals surface area contributed by atoms with Crippen molar-refractivity contribution in [2.24, 2.45) is 0 Å². The minimum atomic E-state index is -0.320. The number of esters is 1. The van der Waals surface area contributed by atoms with E-state index in [0.29, 0.717) is 18.7 Å². The van der Waals surface area contributed by atoms with Gasteiger partial charge in [0.2, 0.25) is 0 Å². The van der Waals surface area contributed by atoms with E-state index in [1.165, 1.54) is 7.11 Å². The second kappa shape index (κ2) is 7.98. The van der Waals surface area contributed by atoms with E-state index in [9.17, 15) is 9.59 Å². The van der Waals surface area contributed by atoms with Crippen molar-refractivity contribution >= 4 is 11.9 Å². The summed E-state index contributed by atoms with van der Waals surface area (Å²) in [5, 5.41) is 0. The minimum absolute atomic E-state index is 0.0895. The number of hydrogen-bond acceptors (Lipinski definition) is 3. The Morgan fingerprint density at radius 1 is 0.955 bits per heavy atom. The predicted octanol–water partition coefficient (Wildman–Crippen LogP) is 2.89. The molecule has 2 aromatic rings. The van der Waals surface area contributed by atoms with Gasteiger partial charge in [0.05, 0.1) is 13.5 Å². The van der Waals surface area contributed by atoms with Crippen molar-refractivity contribution in [1.29, 1.82) is 0 Å². The van der Waals surface area contributed by atoms with Crippen LogP contribution in [0.3, 0.4) is 0 Å². The van der Waals surface area contributed by atoms with Gasteiger partial charge in [-0.15, -0.1) is 0 Å². The van der Waals surface area contributed by atoms with Crippen LogP contribution in [0.5, 0.6) is 0 Å². The van der Waals surface area contributed by atoms with E-state index in [4.69, 9.17) is 0 Å². The highest BCUT2D eigenvalue weighted by atomic mass is 16.5. The van der Waals surface area contributed by atoms with Gasteiger partial charge in [-0.25, -0.2) is 0 Å². The molecule has 4 heteroatoms. The van der Waals surface area contributed by atoms with Gasteiger partial charge >= 0.3 is 5.97 Å². The van der Waals surface area contributed by atoms with Gasteiger partial charge in [-0.2, -0.15) is 0 Å². The maximum absolute atomic E-state index is 12.6. The van der Waals surface area contributed by atoms with Crippen LogP contribution >= 0.6 is 0 Å². The second-order valence-corrected chi connectivity index (χ2v) is 4.90. The Balaban J connectivity index is 2.13. The summed E-state index contributed by atoms with van der Waals surface area (Å²) in [7, 11) is 1.35. The number of nitrogens with zero attached hydrogens (tertiary/aromatic N) is 1. The third kappa shape index (κ3) is 4.45. The Morgan fingerprint density at radius 3 is 2.14 bits per heavy atom. The fourth-order valence-electron chi connectivity index (χ4n) is 2.15. The zero-order valence-electron chi connectivity index (χ0n) is 12.6. The minimum Gasteiger partial charge on any atom is -0.469 e. The molecule has 0 radical (unpaired) electrons. The van der Waals surface area contributed by atoms with Gasteiger partial charge < -0.3 is 9.64 Å². The highest BCUT2D eigenvalue weighted by molar-refractivity contribution is 5.94. The molecule has 0 bridgehead atoms. The molecule has 0 atom stereocenters. The van der Waals surface area contributed by atoms with Crippen LogP contribution in [-0.4, -0.2) is 30.4 Å². The van der Waals surface area contributed by atoms with Gasteiger partial charge in [-0.1, -0.05) is 48.5 Å². The highest BCUT2D eigenvalue weighted by Crippen LogP contribution is 2.11. The Morgan fingerprint density at radius 2 is 1.55 bits per heavy atom. The molecular formula is C18H19NO3. The van der Waals surface area contributed by atoms with Crippen LogP contribution in [0.4, 0.5) is 0 Å². The average Bonchev–Trinajstić information content (AvgIpc) is 2.59. The van der Waals surface area contributed by atoms with Crippen molar-refractivity contribution in [3.05, 3.63) is 71.8 Å². The van der Waals surface area contributed by atoms with E-state index in [1.54, 1.807) is 17.0 Å². The first-order valence-corrected chi connectivity index (χ1v) is 7.16. The molecule has 0 unspecified atom stereocenters. The lowest BCUT2D eigenvalue weighted by Gasteiger charge is -2.22. The largest absolute Gasteiger partial charge is 0.469 e. The van der Waals surface area contributed by atoms with E-state index in [1.807, 2.05) is 48.5 Å². The van der Waals surface area contributed by atoms with Gasteiger partial charge in [-0.05, 0) is 17.7 Å². The lowest BCUT2D eigenvalue weighted by atomic mass is 10.1. The summed E-state index contributed by atoms with van der Waals surface area (Å²) >= 11 is 0. The lowest BCUT2D eigenvalue weighted by molar-refractivity contribution is -0.140. The molecule has 4 nitrogen and oxygen atoms in total. The van der Waals surface area contributed by atoms with E-state index in [2.05, 4.69) is 4.74 Å². The number of carbonyl (C=O) groups is 2. The van der Waals surface area contributed by atoms with Crippen molar-refractivity contribution in [2.45, 2.75) is 13.0 Å². The third-order valence-electron chi connectivity index (χ3n) is 3.34. The molecule has 0 fully saturated rings. The molecule has 0 aliphatic rings. The maximum atomic E-state index is 12.6. The van der Waals surface area contributed by atoms with Crippen molar-refractivity contribution in [3.8, 4) is 0 Å². The fourth-order valence-corrected chi connectivity index (χ4v) is 2.15. The monoisotopic (exact) mass is 297 g/mol. The molecule has 0 N–H and O–H groups in total. The summed E-state index contributed by atoms with van der Waals surface area (Å²) < 4.78 is 4.66. The Labute approximate surface area is 130 Å². The molecule has 0 aliphatic heterocycles. The normalized spacial score (nSPS) is 10.0. The van der Waals surface area contributed by atoms with Crippen LogP contribution in [0.25, 0.3) is 0 Å². The molecule has 0 aromatic heterocycles. The molecule has 2 aromatic carbocycles. The molecule has 0 aliphatic carbocycles. The topological polar surface area (TPSA) is 46.6 Å². The predicted molar refractivity (Wildman–Crippen MR) is 84.3 cm³/mol. The summed E-state index contributed by atoms with van der Waals surface area (Å²) in [5.41, 5.74) is 1.64. The average molecular weight is 297 g/mol. The molecule has 0 spiro atoms. The third-order valence-corrected chi connectivity index (χ3v) is 3.34. The molecular weight excluding hydrogens is 278 g/mol. The van der Waals surface area contributed by atoms with E-state index >= 15 is 0 Å². The quantitative estimate of drug-likeness (QED) is 0.770. The van der Waals surface area contributed by atoms with Crippen LogP contribution in [0.1, 0.15) is 22.3 Å². The zero-order valence-corrected chi connectivity index (χ0v) is 12.6. The van der Waals surface area contributed by atoms with Gasteiger partial charge in [-0.3, -0.25) is 9.59 Å². The zero-order chi connectivity index (χ0) is 15.8. The summed E-state index contributed by atoms with van der Waals surface area (Å²) in [6.45, 7) is 0.793. The molecule has 0 heterocycles. The number of rotatable bonds is 6. The smallest absolute Gasteiger partial charge is 0.307 e. The number of amides is 1. The number of methoxy groups -OCH3 is 1. The number of hydrogen-bond donors (Lipinski definition) is 0. The number of benzene rings is 2. The van der Waals surface area contributed by atoms with E-state index in [-0.39, 0.29) is 18.3 Å². The van der Waals surface area contributed by atoms with Gasteiger partial charge in [0.15, 0.2) is 0 Å². The Bertz CT molecular complexity index is 611. The van der Waals surface area contributed by atoms with Crippen molar-refractivity contribution < 1.29 is 14.3 Å². The van der Waals surface area contributed by atoms with Crippen LogP contribution in [-0.2, 0) is 16.1 Å². The number of ether oxygens (including phenoxy) is 1. The van der Waals surface area contributed by atoms with Crippen LogP contribution < -0.4 is 0 Å². The van der Waals surface area contributed by atoms with Crippen LogP contribution in [0.15, 0.2) is 60.7 Å². The highest BCUT2D eigenvalue weighted by Gasteiger charge is 2.17. The summed E-state index contributed by atoms with van der Waals surface area (Å²) in [6.07, 6.45) is 0.182. The van der Waals surface area contributed by atoms with Gasteiger partial charge in [0.25, 0.3) is 5.91 Å². The molecule has 2 rings (SSSR count). The van der Waals surface area contributed by atoms with Crippen LogP contribution in [0.2, 0.25) is 0 Å².